The molecule has 0 aliphatic heterocycles. The molecule has 0 saturated heterocycles. The standard InChI is InChI=1S/C15H23BrN2O2/c1-4-11-14(16)12(18(2)17-11)10-13(19)15(20-3)8-6-5-7-9-15/h4-10H2,1-3H3. The average Bonchev–Trinajstić information content (AvgIpc) is 2.75. The summed E-state index contributed by atoms with van der Waals surface area (Å²) in [6.07, 6.45) is 6.29. The second-order valence-electron chi connectivity index (χ2n) is 5.54. The van der Waals surface area contributed by atoms with Crippen molar-refractivity contribution in [3.8, 4) is 0 Å². The van der Waals surface area contributed by atoms with Gasteiger partial charge in [0.25, 0.3) is 0 Å². The Morgan fingerprint density at radius 3 is 2.55 bits per heavy atom. The fourth-order valence-electron chi connectivity index (χ4n) is 3.04. The largest absolute Gasteiger partial charge is 0.370 e. The van der Waals surface area contributed by atoms with Gasteiger partial charge in [0.05, 0.1) is 22.3 Å². The van der Waals surface area contributed by atoms with Crippen LogP contribution in [0.3, 0.4) is 0 Å². The van der Waals surface area contributed by atoms with Gasteiger partial charge in [-0.1, -0.05) is 26.2 Å². The van der Waals surface area contributed by atoms with Crippen molar-refractivity contribution >= 4 is 21.7 Å². The van der Waals surface area contributed by atoms with E-state index in [4.69, 9.17) is 4.74 Å². The van der Waals surface area contributed by atoms with Crippen LogP contribution in [0.5, 0.6) is 0 Å². The lowest BCUT2D eigenvalue weighted by Crippen LogP contribution is -2.43. The second-order valence-corrected chi connectivity index (χ2v) is 6.34. The highest BCUT2D eigenvalue weighted by atomic mass is 79.9. The van der Waals surface area contributed by atoms with Crippen molar-refractivity contribution in [2.45, 2.75) is 57.5 Å². The third-order valence-corrected chi connectivity index (χ3v) is 5.31. The Morgan fingerprint density at radius 1 is 1.40 bits per heavy atom. The zero-order chi connectivity index (χ0) is 14.8. The number of Topliss-reactive ketones (excluding diaryl/α,β-unsaturated/α-hetero) is 1. The molecular weight excluding hydrogens is 320 g/mol. The lowest BCUT2D eigenvalue weighted by Gasteiger charge is -2.34. The van der Waals surface area contributed by atoms with E-state index in [0.717, 1.165) is 48.0 Å². The van der Waals surface area contributed by atoms with Gasteiger partial charge in [0, 0.05) is 14.2 Å². The van der Waals surface area contributed by atoms with E-state index in [2.05, 4.69) is 28.0 Å². The lowest BCUT2D eigenvalue weighted by molar-refractivity contribution is -0.144. The number of carbonyl (C=O) groups is 1. The molecule has 1 aliphatic rings. The van der Waals surface area contributed by atoms with E-state index in [0.29, 0.717) is 6.42 Å². The van der Waals surface area contributed by atoms with Gasteiger partial charge in [-0.05, 0) is 35.2 Å². The third kappa shape index (κ3) is 2.84. The van der Waals surface area contributed by atoms with Gasteiger partial charge in [0.15, 0.2) is 5.78 Å². The topological polar surface area (TPSA) is 44.1 Å². The molecule has 1 fully saturated rings. The van der Waals surface area contributed by atoms with Crippen LogP contribution in [-0.4, -0.2) is 28.3 Å². The van der Waals surface area contributed by atoms with Gasteiger partial charge in [0.1, 0.15) is 5.60 Å². The molecule has 4 nitrogen and oxygen atoms in total. The molecule has 1 saturated carbocycles. The molecule has 0 atom stereocenters. The maximum Gasteiger partial charge on any atom is 0.170 e. The summed E-state index contributed by atoms with van der Waals surface area (Å²) >= 11 is 3.58. The molecule has 5 heteroatoms. The molecule has 2 rings (SSSR count). The molecule has 1 aromatic rings. The number of hydrogen-bond acceptors (Lipinski definition) is 3. The highest BCUT2D eigenvalue weighted by molar-refractivity contribution is 9.10. The minimum Gasteiger partial charge on any atom is -0.370 e. The number of aryl methyl sites for hydroxylation is 2. The number of methoxy groups -OCH3 is 1. The highest BCUT2D eigenvalue weighted by Crippen LogP contribution is 2.34. The van der Waals surface area contributed by atoms with Crippen LogP contribution >= 0.6 is 15.9 Å². The van der Waals surface area contributed by atoms with Crippen LogP contribution in [0.15, 0.2) is 4.47 Å². The average molecular weight is 343 g/mol. The molecule has 112 valence electrons. The number of rotatable bonds is 5. The SMILES string of the molecule is CCc1nn(C)c(CC(=O)C2(OC)CCCCC2)c1Br. The van der Waals surface area contributed by atoms with Crippen LogP contribution in [-0.2, 0) is 29.4 Å². The fraction of sp³-hybridized carbons (Fsp3) is 0.733. The third-order valence-electron chi connectivity index (χ3n) is 4.39. The minimum absolute atomic E-state index is 0.186. The van der Waals surface area contributed by atoms with Gasteiger partial charge in [-0.2, -0.15) is 5.10 Å². The van der Waals surface area contributed by atoms with E-state index in [1.807, 2.05) is 11.7 Å². The number of nitrogens with zero attached hydrogens (tertiary/aromatic N) is 2. The lowest BCUT2D eigenvalue weighted by atomic mass is 9.80. The molecule has 0 amide bonds. The summed E-state index contributed by atoms with van der Waals surface area (Å²) in [4.78, 5) is 12.7. The Hall–Kier alpha value is -0.680. The number of halogens is 1. The highest BCUT2D eigenvalue weighted by Gasteiger charge is 2.39. The summed E-state index contributed by atoms with van der Waals surface area (Å²) in [7, 11) is 3.56. The minimum atomic E-state index is -0.575. The van der Waals surface area contributed by atoms with Gasteiger partial charge in [-0.3, -0.25) is 9.48 Å². The Labute approximate surface area is 129 Å². The molecule has 0 aromatic carbocycles. The van der Waals surface area contributed by atoms with Crippen molar-refractivity contribution < 1.29 is 9.53 Å². The molecule has 0 spiro atoms. The first-order valence-corrected chi connectivity index (χ1v) is 8.12. The Bertz CT molecular complexity index is 490. The number of carbonyl (C=O) groups excluding carboxylic acids is 1. The van der Waals surface area contributed by atoms with Gasteiger partial charge in [-0.25, -0.2) is 0 Å². The summed E-state index contributed by atoms with van der Waals surface area (Å²) in [5.41, 5.74) is 1.38. The van der Waals surface area contributed by atoms with Crippen molar-refractivity contribution in [1.82, 2.24) is 9.78 Å². The summed E-state index contributed by atoms with van der Waals surface area (Å²) < 4.78 is 8.41. The molecule has 0 unspecified atom stereocenters. The molecule has 1 heterocycles. The van der Waals surface area contributed by atoms with Gasteiger partial charge < -0.3 is 4.74 Å². The number of hydrogen-bond donors (Lipinski definition) is 0. The number of ketones is 1. The van der Waals surface area contributed by atoms with Crippen molar-refractivity contribution in [2.24, 2.45) is 7.05 Å². The molecule has 20 heavy (non-hydrogen) atoms. The van der Waals surface area contributed by atoms with E-state index < -0.39 is 5.60 Å². The van der Waals surface area contributed by atoms with Crippen LogP contribution in [0.1, 0.15) is 50.4 Å². The summed E-state index contributed by atoms with van der Waals surface area (Å²) in [5, 5.41) is 4.45. The van der Waals surface area contributed by atoms with Crippen LogP contribution in [0, 0.1) is 0 Å². The van der Waals surface area contributed by atoms with Crippen LogP contribution in [0.2, 0.25) is 0 Å². The van der Waals surface area contributed by atoms with Crippen molar-refractivity contribution in [1.29, 1.82) is 0 Å². The van der Waals surface area contributed by atoms with Crippen molar-refractivity contribution in [2.75, 3.05) is 7.11 Å². The maximum absolute atomic E-state index is 12.7. The van der Waals surface area contributed by atoms with Crippen molar-refractivity contribution in [3.63, 3.8) is 0 Å². The smallest absolute Gasteiger partial charge is 0.170 e. The molecule has 1 aliphatic carbocycles. The summed E-state index contributed by atoms with van der Waals surface area (Å²) in [6.45, 7) is 2.07. The van der Waals surface area contributed by atoms with E-state index in [-0.39, 0.29) is 5.78 Å². The normalized spacial score (nSPS) is 18.2. The molecular formula is C15H23BrN2O2. The monoisotopic (exact) mass is 342 g/mol. The van der Waals surface area contributed by atoms with Gasteiger partial charge >= 0.3 is 0 Å². The van der Waals surface area contributed by atoms with E-state index in [9.17, 15) is 4.79 Å². The second kappa shape index (κ2) is 6.39. The quantitative estimate of drug-likeness (QED) is 0.825. The van der Waals surface area contributed by atoms with Crippen molar-refractivity contribution in [3.05, 3.63) is 15.9 Å². The molecule has 0 bridgehead atoms. The van der Waals surface area contributed by atoms with Crippen LogP contribution in [0.4, 0.5) is 0 Å². The predicted octanol–water partition coefficient (Wildman–Crippen LogP) is 3.21. The fourth-order valence-corrected chi connectivity index (χ4v) is 3.80. The summed E-state index contributed by atoms with van der Waals surface area (Å²) in [6, 6.07) is 0. The number of ether oxygens (including phenoxy) is 1. The Balaban J connectivity index is 2.20. The van der Waals surface area contributed by atoms with E-state index in [1.165, 1.54) is 6.42 Å². The predicted molar refractivity (Wildman–Crippen MR) is 81.8 cm³/mol. The van der Waals surface area contributed by atoms with E-state index in [1.54, 1.807) is 7.11 Å². The first-order valence-electron chi connectivity index (χ1n) is 7.32. The Morgan fingerprint density at radius 2 is 2.05 bits per heavy atom. The zero-order valence-corrected chi connectivity index (χ0v) is 14.1. The van der Waals surface area contributed by atoms with Crippen LogP contribution in [0.25, 0.3) is 0 Å². The van der Waals surface area contributed by atoms with Crippen LogP contribution < -0.4 is 0 Å². The molecule has 1 aromatic heterocycles. The van der Waals surface area contributed by atoms with E-state index >= 15 is 0 Å². The van der Waals surface area contributed by atoms with Gasteiger partial charge in [0.2, 0.25) is 0 Å². The maximum atomic E-state index is 12.7. The molecule has 0 N–H and O–H groups in total. The Kier molecular flexibility index (Phi) is 5.02. The van der Waals surface area contributed by atoms with Gasteiger partial charge in [-0.15, -0.1) is 0 Å². The molecule has 0 radical (unpaired) electrons. The first kappa shape index (κ1) is 15.7. The first-order chi connectivity index (χ1) is 9.54. The number of aromatic nitrogens is 2. The summed E-state index contributed by atoms with van der Waals surface area (Å²) in [5.74, 6) is 0.186. The zero-order valence-electron chi connectivity index (χ0n) is 12.5.